The average Bonchev–Trinajstić information content (AvgIpc) is 3.13. The molecule has 1 fully saturated rings. The van der Waals surface area contributed by atoms with Crippen molar-refractivity contribution in [3.05, 3.63) is 53.4 Å². The molecule has 1 N–H and O–H groups in total. The molecule has 0 atom stereocenters. The van der Waals surface area contributed by atoms with Crippen molar-refractivity contribution in [1.82, 2.24) is 10.2 Å². The number of hydrogen-bond acceptors (Lipinski definition) is 4. The number of carbonyl (C=O) groups excluding carboxylic acids is 1. The van der Waals surface area contributed by atoms with Crippen molar-refractivity contribution in [2.75, 3.05) is 26.2 Å². The molecule has 3 rings (SSSR count). The smallest absolute Gasteiger partial charge is 0.254 e. The van der Waals surface area contributed by atoms with Crippen LogP contribution >= 0.6 is 11.6 Å². The first-order valence-electron chi connectivity index (χ1n) is 8.14. The summed E-state index contributed by atoms with van der Waals surface area (Å²) in [5.74, 6) is 0.773. The monoisotopic (exact) mass is 348 g/mol. The number of amides is 1. The number of likely N-dealkylation sites (tertiary alicyclic amines) is 1. The third-order valence-corrected chi connectivity index (χ3v) is 4.45. The molecule has 2 heterocycles. The van der Waals surface area contributed by atoms with Crippen molar-refractivity contribution in [3.63, 3.8) is 0 Å². The maximum absolute atomic E-state index is 12.0. The van der Waals surface area contributed by atoms with Crippen LogP contribution in [0, 0.1) is 0 Å². The molecule has 1 aromatic carbocycles. The van der Waals surface area contributed by atoms with E-state index in [9.17, 15) is 4.79 Å². The summed E-state index contributed by atoms with van der Waals surface area (Å²) in [5.41, 5.74) is 0.578. The molecule has 1 saturated heterocycles. The van der Waals surface area contributed by atoms with Crippen LogP contribution in [-0.2, 0) is 0 Å². The van der Waals surface area contributed by atoms with Gasteiger partial charge in [0.1, 0.15) is 18.6 Å². The molecule has 5 nitrogen and oxygen atoms in total. The summed E-state index contributed by atoms with van der Waals surface area (Å²) >= 11 is 5.85. The van der Waals surface area contributed by atoms with Crippen LogP contribution in [0.25, 0.3) is 0 Å². The highest BCUT2D eigenvalue weighted by atomic mass is 35.5. The number of nitrogens with one attached hydrogen (secondary N) is 1. The van der Waals surface area contributed by atoms with Crippen LogP contribution in [0.3, 0.4) is 0 Å². The summed E-state index contributed by atoms with van der Waals surface area (Å²) in [7, 11) is 0. The van der Waals surface area contributed by atoms with E-state index in [0.29, 0.717) is 17.2 Å². The number of rotatable bonds is 6. The Hall–Kier alpha value is -1.98. The number of ether oxygens (including phenoxy) is 1. The molecule has 1 aromatic heterocycles. The summed E-state index contributed by atoms with van der Waals surface area (Å²) in [6.45, 7) is 3.44. The number of hydrogen-bond donors (Lipinski definition) is 1. The fraction of sp³-hybridized carbons (Fsp3) is 0.389. The van der Waals surface area contributed by atoms with Gasteiger partial charge in [-0.2, -0.15) is 0 Å². The number of benzene rings is 1. The predicted molar refractivity (Wildman–Crippen MR) is 92.6 cm³/mol. The van der Waals surface area contributed by atoms with Gasteiger partial charge in [-0.1, -0.05) is 11.6 Å². The van der Waals surface area contributed by atoms with E-state index in [-0.39, 0.29) is 11.9 Å². The Kier molecular flexibility index (Phi) is 5.77. The molecule has 0 radical (unpaired) electrons. The molecule has 1 aliphatic heterocycles. The SMILES string of the molecule is O=C(NC1CCN(CCOc2ccc(Cl)cc2)CC1)c1ccoc1. The van der Waals surface area contributed by atoms with E-state index in [1.165, 1.54) is 12.5 Å². The van der Waals surface area contributed by atoms with Gasteiger partial charge in [0.25, 0.3) is 5.91 Å². The Morgan fingerprint density at radius 3 is 2.67 bits per heavy atom. The minimum absolute atomic E-state index is 0.0618. The Bertz CT molecular complexity index is 635. The Balaban J connectivity index is 1.34. The molecule has 0 aliphatic carbocycles. The van der Waals surface area contributed by atoms with E-state index in [4.69, 9.17) is 20.8 Å². The van der Waals surface area contributed by atoms with Crippen LogP contribution in [0.1, 0.15) is 23.2 Å². The standard InChI is InChI=1S/C18H21ClN2O3/c19-15-1-3-17(4-2-15)24-12-10-21-8-5-16(6-9-21)20-18(22)14-7-11-23-13-14/h1-4,7,11,13,16H,5-6,8-10,12H2,(H,20,22). The number of piperidine rings is 1. The van der Waals surface area contributed by atoms with Crippen LogP contribution < -0.4 is 10.1 Å². The lowest BCUT2D eigenvalue weighted by Gasteiger charge is -2.32. The van der Waals surface area contributed by atoms with Crippen molar-refractivity contribution < 1.29 is 13.9 Å². The van der Waals surface area contributed by atoms with E-state index in [1.807, 2.05) is 24.3 Å². The molecule has 128 valence electrons. The van der Waals surface area contributed by atoms with Crippen molar-refractivity contribution in [2.45, 2.75) is 18.9 Å². The molecule has 0 bridgehead atoms. The van der Waals surface area contributed by atoms with Gasteiger partial charge in [-0.25, -0.2) is 0 Å². The van der Waals surface area contributed by atoms with E-state index < -0.39 is 0 Å². The molecule has 2 aromatic rings. The molecular formula is C18H21ClN2O3. The van der Waals surface area contributed by atoms with Gasteiger partial charge in [0, 0.05) is 30.7 Å². The Labute approximate surface area is 146 Å². The fourth-order valence-electron chi connectivity index (χ4n) is 2.79. The first kappa shape index (κ1) is 16.9. The third-order valence-electron chi connectivity index (χ3n) is 4.20. The van der Waals surface area contributed by atoms with Crippen molar-refractivity contribution in [3.8, 4) is 5.75 Å². The van der Waals surface area contributed by atoms with Crippen molar-refractivity contribution in [1.29, 1.82) is 0 Å². The number of nitrogens with zero attached hydrogens (tertiary/aromatic N) is 1. The fourth-order valence-corrected chi connectivity index (χ4v) is 2.91. The zero-order valence-electron chi connectivity index (χ0n) is 13.4. The van der Waals surface area contributed by atoms with Gasteiger partial charge in [-0.15, -0.1) is 0 Å². The molecule has 1 aliphatic rings. The highest BCUT2D eigenvalue weighted by molar-refractivity contribution is 6.30. The quantitative estimate of drug-likeness (QED) is 0.871. The minimum atomic E-state index is -0.0618. The van der Waals surface area contributed by atoms with Crippen molar-refractivity contribution >= 4 is 17.5 Å². The lowest BCUT2D eigenvalue weighted by atomic mass is 10.0. The molecule has 0 saturated carbocycles. The zero-order valence-corrected chi connectivity index (χ0v) is 14.2. The molecule has 0 spiro atoms. The van der Waals surface area contributed by atoms with Crippen LogP contribution in [0.4, 0.5) is 0 Å². The lowest BCUT2D eigenvalue weighted by Crippen LogP contribution is -2.45. The Morgan fingerprint density at radius 1 is 1.25 bits per heavy atom. The van der Waals surface area contributed by atoms with Gasteiger partial charge in [-0.05, 0) is 43.2 Å². The topological polar surface area (TPSA) is 54.7 Å². The Morgan fingerprint density at radius 2 is 2.00 bits per heavy atom. The third kappa shape index (κ3) is 4.76. The summed E-state index contributed by atoms with van der Waals surface area (Å²) in [4.78, 5) is 14.4. The minimum Gasteiger partial charge on any atom is -0.492 e. The van der Waals surface area contributed by atoms with Gasteiger partial charge >= 0.3 is 0 Å². The van der Waals surface area contributed by atoms with E-state index in [0.717, 1.165) is 38.2 Å². The second kappa shape index (κ2) is 8.22. The van der Waals surface area contributed by atoms with Crippen molar-refractivity contribution in [2.24, 2.45) is 0 Å². The number of furan rings is 1. The normalized spacial score (nSPS) is 16.0. The number of carbonyl (C=O) groups is 1. The maximum atomic E-state index is 12.0. The highest BCUT2D eigenvalue weighted by Gasteiger charge is 2.21. The van der Waals surface area contributed by atoms with Crippen LogP contribution in [0.5, 0.6) is 5.75 Å². The van der Waals surface area contributed by atoms with E-state index in [2.05, 4.69) is 10.2 Å². The van der Waals surface area contributed by atoms with Gasteiger partial charge in [-0.3, -0.25) is 9.69 Å². The van der Waals surface area contributed by atoms with Crippen LogP contribution in [0.15, 0.2) is 47.3 Å². The molecule has 6 heteroatoms. The van der Waals surface area contributed by atoms with E-state index in [1.54, 1.807) is 6.07 Å². The van der Waals surface area contributed by atoms with Gasteiger partial charge in [0.15, 0.2) is 0 Å². The summed E-state index contributed by atoms with van der Waals surface area (Å²) in [6, 6.07) is 9.30. The number of halogens is 1. The molecular weight excluding hydrogens is 328 g/mol. The predicted octanol–water partition coefficient (Wildman–Crippen LogP) is 3.21. The highest BCUT2D eigenvalue weighted by Crippen LogP contribution is 2.16. The zero-order chi connectivity index (χ0) is 16.8. The summed E-state index contributed by atoms with van der Waals surface area (Å²) < 4.78 is 10.7. The molecule has 0 unspecified atom stereocenters. The second-order valence-corrected chi connectivity index (χ2v) is 6.34. The average molecular weight is 349 g/mol. The first-order valence-corrected chi connectivity index (χ1v) is 8.52. The van der Waals surface area contributed by atoms with Gasteiger partial charge < -0.3 is 14.5 Å². The molecule has 24 heavy (non-hydrogen) atoms. The maximum Gasteiger partial charge on any atom is 0.254 e. The van der Waals surface area contributed by atoms with Gasteiger partial charge in [0.05, 0.1) is 11.8 Å². The van der Waals surface area contributed by atoms with Crippen LogP contribution in [0.2, 0.25) is 5.02 Å². The van der Waals surface area contributed by atoms with Gasteiger partial charge in [0.2, 0.25) is 0 Å². The lowest BCUT2D eigenvalue weighted by molar-refractivity contribution is 0.0905. The largest absolute Gasteiger partial charge is 0.492 e. The second-order valence-electron chi connectivity index (χ2n) is 5.90. The first-order chi connectivity index (χ1) is 11.7. The summed E-state index contributed by atoms with van der Waals surface area (Å²) in [6.07, 6.45) is 4.88. The summed E-state index contributed by atoms with van der Waals surface area (Å²) in [5, 5.41) is 3.77. The molecule has 1 amide bonds. The van der Waals surface area contributed by atoms with E-state index >= 15 is 0 Å². The van der Waals surface area contributed by atoms with Crippen LogP contribution in [-0.4, -0.2) is 43.1 Å².